The summed E-state index contributed by atoms with van der Waals surface area (Å²) in [5, 5.41) is 10.8. The molecule has 2 heterocycles. The molecule has 1 amide bonds. The van der Waals surface area contributed by atoms with Gasteiger partial charge >= 0.3 is 6.18 Å². The fourth-order valence-corrected chi connectivity index (χ4v) is 5.08. The first-order valence-corrected chi connectivity index (χ1v) is 13.0. The van der Waals surface area contributed by atoms with Gasteiger partial charge in [-0.3, -0.25) is 9.36 Å². The third-order valence-corrected chi connectivity index (χ3v) is 7.32. The van der Waals surface area contributed by atoms with Crippen molar-refractivity contribution in [2.75, 3.05) is 5.32 Å². The minimum Gasteiger partial charge on any atom is -0.461 e. The first-order valence-electron chi connectivity index (χ1n) is 11.7. The van der Waals surface area contributed by atoms with E-state index in [1.807, 2.05) is 34.9 Å². The summed E-state index contributed by atoms with van der Waals surface area (Å²) in [6, 6.07) is 24.8. The summed E-state index contributed by atoms with van der Waals surface area (Å²) < 4.78 is 47.3. The first kappa shape index (κ1) is 26.6. The highest BCUT2D eigenvalue weighted by Gasteiger charge is 2.32. The number of carbonyl (C=O) groups is 1. The molecule has 1 N–H and O–H groups in total. The lowest BCUT2D eigenvalue weighted by Gasteiger charge is -2.19. The molecular weight excluding hydrogens is 549 g/mol. The van der Waals surface area contributed by atoms with E-state index in [2.05, 4.69) is 15.5 Å². The van der Waals surface area contributed by atoms with Crippen LogP contribution < -0.4 is 5.32 Å². The van der Waals surface area contributed by atoms with E-state index < -0.39 is 22.9 Å². The van der Waals surface area contributed by atoms with Gasteiger partial charge < -0.3 is 9.73 Å². The summed E-state index contributed by atoms with van der Waals surface area (Å²) in [5.74, 6) is 0.405. The second-order valence-electron chi connectivity index (χ2n) is 8.45. The number of hydrogen-bond acceptors (Lipinski definition) is 5. The standard InChI is InChI=1S/C28H20ClF3N4O2S/c29-21-14-13-20(28(30,31)32)16-22(21)33-26(37)24(19-10-5-2-6-11-19)39-27-35-34-25(23-12-7-15-38-23)36(27)17-18-8-3-1-4-9-18/h1-16,24H,17H2,(H,33,37)/t24-/m0/s1. The predicted molar refractivity (Wildman–Crippen MR) is 143 cm³/mol. The average molecular weight is 569 g/mol. The van der Waals surface area contributed by atoms with Gasteiger partial charge in [-0.05, 0) is 41.5 Å². The molecule has 0 aliphatic carbocycles. The molecule has 0 saturated carbocycles. The Kier molecular flexibility index (Phi) is 7.76. The number of aromatic nitrogens is 3. The molecule has 0 unspecified atom stereocenters. The molecule has 0 aliphatic heterocycles. The Morgan fingerprint density at radius 2 is 1.69 bits per heavy atom. The number of rotatable bonds is 8. The molecule has 6 nitrogen and oxygen atoms in total. The maximum absolute atomic E-state index is 13.6. The molecule has 0 fully saturated rings. The van der Waals surface area contributed by atoms with E-state index in [0.29, 0.717) is 28.8 Å². The van der Waals surface area contributed by atoms with Gasteiger partial charge in [0.15, 0.2) is 10.9 Å². The summed E-state index contributed by atoms with van der Waals surface area (Å²) in [6.45, 7) is 0.398. The van der Waals surface area contributed by atoms with Gasteiger partial charge in [0.1, 0.15) is 5.25 Å². The summed E-state index contributed by atoms with van der Waals surface area (Å²) in [6.07, 6.45) is -3.06. The van der Waals surface area contributed by atoms with Gasteiger partial charge in [-0.2, -0.15) is 13.2 Å². The van der Waals surface area contributed by atoms with E-state index >= 15 is 0 Å². The van der Waals surface area contributed by atoms with Crippen molar-refractivity contribution in [2.45, 2.75) is 23.1 Å². The van der Waals surface area contributed by atoms with Crippen molar-refractivity contribution in [3.63, 3.8) is 0 Å². The molecule has 0 aliphatic rings. The summed E-state index contributed by atoms with van der Waals surface area (Å²) in [5.41, 5.74) is 0.539. The zero-order chi connectivity index (χ0) is 27.4. The Labute approximate surface area is 230 Å². The van der Waals surface area contributed by atoms with Gasteiger partial charge in [-0.25, -0.2) is 0 Å². The molecule has 0 spiro atoms. The smallest absolute Gasteiger partial charge is 0.416 e. The molecule has 5 aromatic rings. The zero-order valence-electron chi connectivity index (χ0n) is 20.1. The number of hydrogen-bond donors (Lipinski definition) is 1. The Balaban J connectivity index is 1.51. The molecular formula is C28H20ClF3N4O2S. The topological polar surface area (TPSA) is 73.0 Å². The molecule has 0 bridgehead atoms. The van der Waals surface area contributed by atoms with Crippen LogP contribution in [0.1, 0.15) is 21.9 Å². The Morgan fingerprint density at radius 1 is 0.974 bits per heavy atom. The van der Waals surface area contributed by atoms with Crippen LogP contribution in [0, 0.1) is 0 Å². The predicted octanol–water partition coefficient (Wildman–Crippen LogP) is 7.73. The van der Waals surface area contributed by atoms with Gasteiger partial charge in [0.2, 0.25) is 11.7 Å². The minimum absolute atomic E-state index is 0.0134. The summed E-state index contributed by atoms with van der Waals surface area (Å²) in [4.78, 5) is 13.6. The number of anilines is 1. The second kappa shape index (κ2) is 11.4. The number of thioether (sulfide) groups is 1. The minimum atomic E-state index is -4.59. The van der Waals surface area contributed by atoms with Crippen LogP contribution in [0.5, 0.6) is 0 Å². The lowest BCUT2D eigenvalue weighted by atomic mass is 10.1. The van der Waals surface area contributed by atoms with E-state index in [-0.39, 0.29) is 10.7 Å². The van der Waals surface area contributed by atoms with Crippen molar-refractivity contribution >= 4 is 35.0 Å². The van der Waals surface area contributed by atoms with Crippen molar-refractivity contribution in [3.05, 3.63) is 119 Å². The number of nitrogens with zero attached hydrogens (tertiary/aromatic N) is 3. The quantitative estimate of drug-likeness (QED) is 0.194. The summed E-state index contributed by atoms with van der Waals surface area (Å²) in [7, 11) is 0. The number of halogens is 4. The Morgan fingerprint density at radius 3 is 2.36 bits per heavy atom. The zero-order valence-corrected chi connectivity index (χ0v) is 21.7. The number of benzene rings is 3. The van der Waals surface area contributed by atoms with E-state index in [0.717, 1.165) is 35.5 Å². The lowest BCUT2D eigenvalue weighted by molar-refractivity contribution is -0.137. The third-order valence-electron chi connectivity index (χ3n) is 5.76. The van der Waals surface area contributed by atoms with Gasteiger partial charge in [-0.1, -0.05) is 84.0 Å². The number of amides is 1. The van der Waals surface area contributed by atoms with Gasteiger partial charge in [0, 0.05) is 0 Å². The molecule has 11 heteroatoms. The van der Waals surface area contributed by atoms with Crippen LogP contribution in [0.2, 0.25) is 5.02 Å². The van der Waals surface area contributed by atoms with Crippen molar-refractivity contribution in [2.24, 2.45) is 0 Å². The highest BCUT2D eigenvalue weighted by atomic mass is 35.5. The number of alkyl halides is 3. The maximum Gasteiger partial charge on any atom is 0.416 e. The van der Waals surface area contributed by atoms with Gasteiger partial charge in [0.05, 0.1) is 29.1 Å². The number of nitrogens with one attached hydrogen (secondary N) is 1. The van der Waals surface area contributed by atoms with E-state index in [4.69, 9.17) is 16.0 Å². The van der Waals surface area contributed by atoms with Crippen LogP contribution in [-0.2, 0) is 17.5 Å². The van der Waals surface area contributed by atoms with Crippen molar-refractivity contribution in [1.29, 1.82) is 0 Å². The van der Waals surface area contributed by atoms with Gasteiger partial charge in [-0.15, -0.1) is 10.2 Å². The molecule has 1 atom stereocenters. The molecule has 0 radical (unpaired) electrons. The molecule has 3 aromatic carbocycles. The van der Waals surface area contributed by atoms with Crippen LogP contribution >= 0.6 is 23.4 Å². The SMILES string of the molecule is O=C(Nc1cc(C(F)(F)F)ccc1Cl)[C@@H](Sc1nnc(-c2ccco2)n1Cc1ccccc1)c1ccccc1. The Hall–Kier alpha value is -4.02. The second-order valence-corrected chi connectivity index (χ2v) is 9.92. The third kappa shape index (κ3) is 6.18. The van der Waals surface area contributed by atoms with E-state index in [1.54, 1.807) is 42.5 Å². The molecule has 2 aromatic heterocycles. The highest BCUT2D eigenvalue weighted by Crippen LogP contribution is 2.39. The highest BCUT2D eigenvalue weighted by molar-refractivity contribution is 8.00. The maximum atomic E-state index is 13.6. The van der Waals surface area contributed by atoms with Crippen molar-refractivity contribution in [1.82, 2.24) is 14.8 Å². The molecule has 198 valence electrons. The van der Waals surface area contributed by atoms with E-state index in [1.165, 1.54) is 6.26 Å². The molecule has 39 heavy (non-hydrogen) atoms. The van der Waals surface area contributed by atoms with Crippen LogP contribution in [-0.4, -0.2) is 20.7 Å². The van der Waals surface area contributed by atoms with Crippen LogP contribution in [0.15, 0.2) is 107 Å². The number of furan rings is 1. The van der Waals surface area contributed by atoms with Crippen LogP contribution in [0.25, 0.3) is 11.6 Å². The fraction of sp³-hybridized carbons (Fsp3) is 0.107. The monoisotopic (exact) mass is 568 g/mol. The lowest BCUT2D eigenvalue weighted by Crippen LogP contribution is -2.20. The van der Waals surface area contributed by atoms with Crippen LogP contribution in [0.3, 0.4) is 0 Å². The normalized spacial score (nSPS) is 12.3. The molecule has 5 rings (SSSR count). The summed E-state index contributed by atoms with van der Waals surface area (Å²) >= 11 is 7.27. The van der Waals surface area contributed by atoms with Crippen molar-refractivity contribution in [3.8, 4) is 11.6 Å². The van der Waals surface area contributed by atoms with Gasteiger partial charge in [0.25, 0.3) is 0 Å². The molecule has 0 saturated heterocycles. The number of carbonyl (C=O) groups excluding carboxylic acids is 1. The first-order chi connectivity index (χ1) is 18.8. The van der Waals surface area contributed by atoms with E-state index in [9.17, 15) is 18.0 Å². The average Bonchev–Trinajstić information content (AvgIpc) is 3.59. The van der Waals surface area contributed by atoms with Crippen molar-refractivity contribution < 1.29 is 22.4 Å². The fourth-order valence-electron chi connectivity index (χ4n) is 3.87. The Bertz CT molecular complexity index is 1560. The largest absolute Gasteiger partial charge is 0.461 e. The van der Waals surface area contributed by atoms with Crippen LogP contribution in [0.4, 0.5) is 18.9 Å².